The maximum absolute atomic E-state index is 12.7. The van der Waals surface area contributed by atoms with Crippen molar-refractivity contribution in [2.24, 2.45) is 14.1 Å². The van der Waals surface area contributed by atoms with Gasteiger partial charge in [-0.2, -0.15) is 0 Å². The molecule has 1 N–H and O–H groups in total. The van der Waals surface area contributed by atoms with Crippen LogP contribution in [-0.2, 0) is 14.1 Å². The van der Waals surface area contributed by atoms with Gasteiger partial charge in [-0.3, -0.25) is 18.7 Å². The molecule has 0 spiro atoms. The number of hydrogen-bond acceptors (Lipinski definition) is 5. The molecule has 8 nitrogen and oxygen atoms in total. The number of fused-ring (bicyclic) bond motifs is 1. The SMILES string of the molecule is Cn1c(=O)c2cc(C(=O)NC3CCN(c4ccc(Cl)cc4)C3)cnc2n(C)c1=O. The highest BCUT2D eigenvalue weighted by Crippen LogP contribution is 2.22. The van der Waals surface area contributed by atoms with Gasteiger partial charge in [-0.25, -0.2) is 9.78 Å². The molecule has 2 aromatic heterocycles. The molecule has 1 atom stereocenters. The van der Waals surface area contributed by atoms with Crippen molar-refractivity contribution in [2.75, 3.05) is 18.0 Å². The van der Waals surface area contributed by atoms with E-state index in [0.29, 0.717) is 11.6 Å². The van der Waals surface area contributed by atoms with Gasteiger partial charge in [-0.05, 0) is 36.8 Å². The molecule has 9 heteroatoms. The topological polar surface area (TPSA) is 89.2 Å². The zero-order valence-corrected chi connectivity index (χ0v) is 16.8. The van der Waals surface area contributed by atoms with Crippen LogP contribution < -0.4 is 21.5 Å². The standard InChI is InChI=1S/C20H20ClN5O3/c1-24-17-16(19(28)25(2)20(24)29)9-12(10-22-17)18(27)23-14-7-8-26(11-14)15-5-3-13(21)4-6-15/h3-6,9-10,14H,7-8,11H2,1-2H3,(H,23,27). The van der Waals surface area contributed by atoms with Gasteiger partial charge >= 0.3 is 5.69 Å². The summed E-state index contributed by atoms with van der Waals surface area (Å²) in [4.78, 5) is 43.5. The number of anilines is 1. The number of aromatic nitrogens is 3. The van der Waals surface area contributed by atoms with E-state index in [4.69, 9.17) is 11.6 Å². The van der Waals surface area contributed by atoms with E-state index in [-0.39, 0.29) is 28.5 Å². The lowest BCUT2D eigenvalue weighted by Gasteiger charge is -2.19. The molecule has 1 saturated heterocycles. The van der Waals surface area contributed by atoms with Crippen LogP contribution in [0.1, 0.15) is 16.8 Å². The van der Waals surface area contributed by atoms with Crippen molar-refractivity contribution in [2.45, 2.75) is 12.5 Å². The first-order valence-electron chi connectivity index (χ1n) is 9.22. The van der Waals surface area contributed by atoms with E-state index in [9.17, 15) is 14.4 Å². The van der Waals surface area contributed by atoms with E-state index >= 15 is 0 Å². The van der Waals surface area contributed by atoms with Gasteiger partial charge in [0.25, 0.3) is 11.5 Å². The van der Waals surface area contributed by atoms with Crippen LogP contribution >= 0.6 is 11.6 Å². The van der Waals surface area contributed by atoms with E-state index in [0.717, 1.165) is 23.2 Å². The Balaban J connectivity index is 1.53. The first kappa shape index (κ1) is 19.2. The van der Waals surface area contributed by atoms with Crippen LogP contribution in [0.2, 0.25) is 5.02 Å². The van der Waals surface area contributed by atoms with Crippen molar-refractivity contribution in [3.8, 4) is 0 Å². The largest absolute Gasteiger partial charge is 0.369 e. The highest BCUT2D eigenvalue weighted by atomic mass is 35.5. The zero-order valence-electron chi connectivity index (χ0n) is 16.1. The van der Waals surface area contributed by atoms with Gasteiger partial charge in [0.05, 0.1) is 10.9 Å². The first-order chi connectivity index (χ1) is 13.8. The molecule has 3 heterocycles. The Bertz CT molecular complexity index is 1220. The molecule has 0 saturated carbocycles. The van der Waals surface area contributed by atoms with Gasteiger partial charge in [-0.15, -0.1) is 0 Å². The highest BCUT2D eigenvalue weighted by Gasteiger charge is 2.25. The smallest absolute Gasteiger partial charge is 0.332 e. The molecule has 1 amide bonds. The van der Waals surface area contributed by atoms with Crippen LogP contribution in [0.25, 0.3) is 11.0 Å². The predicted molar refractivity (Wildman–Crippen MR) is 112 cm³/mol. The zero-order chi connectivity index (χ0) is 20.7. The third-order valence-corrected chi connectivity index (χ3v) is 5.52. The number of aryl methyl sites for hydroxylation is 1. The average Bonchev–Trinajstić information content (AvgIpc) is 3.19. The van der Waals surface area contributed by atoms with Crippen molar-refractivity contribution >= 4 is 34.2 Å². The summed E-state index contributed by atoms with van der Waals surface area (Å²) in [5, 5.41) is 3.93. The second-order valence-electron chi connectivity index (χ2n) is 7.18. The maximum atomic E-state index is 12.7. The van der Waals surface area contributed by atoms with E-state index in [1.807, 2.05) is 24.3 Å². The van der Waals surface area contributed by atoms with Crippen LogP contribution in [0.4, 0.5) is 5.69 Å². The number of carbonyl (C=O) groups is 1. The van der Waals surface area contributed by atoms with Gasteiger partial charge in [0.15, 0.2) is 0 Å². The molecule has 4 rings (SSSR count). The normalized spacial score (nSPS) is 16.4. The number of pyridine rings is 1. The summed E-state index contributed by atoms with van der Waals surface area (Å²) in [5.74, 6) is -0.293. The van der Waals surface area contributed by atoms with E-state index in [2.05, 4.69) is 15.2 Å². The number of nitrogens with one attached hydrogen (secondary N) is 1. The fourth-order valence-corrected chi connectivity index (χ4v) is 3.75. The lowest BCUT2D eigenvalue weighted by Crippen LogP contribution is -2.38. The number of benzene rings is 1. The molecule has 1 aromatic carbocycles. The Morgan fingerprint density at radius 3 is 2.62 bits per heavy atom. The fraction of sp³-hybridized carbons (Fsp3) is 0.300. The summed E-state index contributed by atoms with van der Waals surface area (Å²) in [6, 6.07) is 9.08. The van der Waals surface area contributed by atoms with Crippen LogP contribution in [-0.4, -0.2) is 39.2 Å². The molecule has 1 aliphatic rings. The first-order valence-corrected chi connectivity index (χ1v) is 9.60. The molecule has 0 aliphatic carbocycles. The van der Waals surface area contributed by atoms with Gasteiger partial charge in [0.2, 0.25) is 0 Å². The van der Waals surface area contributed by atoms with Crippen molar-refractivity contribution < 1.29 is 4.79 Å². The number of carbonyl (C=O) groups excluding carboxylic acids is 1. The minimum Gasteiger partial charge on any atom is -0.369 e. The summed E-state index contributed by atoms with van der Waals surface area (Å²) < 4.78 is 2.30. The van der Waals surface area contributed by atoms with Gasteiger partial charge < -0.3 is 10.2 Å². The lowest BCUT2D eigenvalue weighted by molar-refractivity contribution is 0.0940. The maximum Gasteiger partial charge on any atom is 0.332 e. The van der Waals surface area contributed by atoms with Crippen molar-refractivity contribution in [3.05, 3.63) is 68.0 Å². The number of nitrogens with zero attached hydrogens (tertiary/aromatic N) is 4. The van der Waals surface area contributed by atoms with Crippen LogP contribution in [0.5, 0.6) is 0 Å². The van der Waals surface area contributed by atoms with Crippen molar-refractivity contribution in [1.82, 2.24) is 19.4 Å². The summed E-state index contributed by atoms with van der Waals surface area (Å²) in [7, 11) is 2.95. The predicted octanol–water partition coefficient (Wildman–Crippen LogP) is 1.29. The monoisotopic (exact) mass is 413 g/mol. The molecule has 1 aliphatic heterocycles. The Labute approximate surface area is 171 Å². The molecule has 1 fully saturated rings. The second kappa shape index (κ2) is 7.36. The third kappa shape index (κ3) is 3.51. The quantitative estimate of drug-likeness (QED) is 0.699. The highest BCUT2D eigenvalue weighted by molar-refractivity contribution is 6.30. The van der Waals surface area contributed by atoms with Crippen molar-refractivity contribution in [1.29, 1.82) is 0 Å². The molecule has 0 radical (unpaired) electrons. The van der Waals surface area contributed by atoms with Crippen LogP contribution in [0.3, 0.4) is 0 Å². The molecule has 150 valence electrons. The number of halogens is 1. The summed E-state index contributed by atoms with van der Waals surface area (Å²) in [6.45, 7) is 1.51. The van der Waals surface area contributed by atoms with E-state index in [1.165, 1.54) is 23.9 Å². The summed E-state index contributed by atoms with van der Waals surface area (Å²) in [5.41, 5.74) is 0.672. The van der Waals surface area contributed by atoms with Crippen LogP contribution in [0.15, 0.2) is 46.1 Å². The lowest BCUT2D eigenvalue weighted by atomic mass is 10.2. The third-order valence-electron chi connectivity index (χ3n) is 5.27. The summed E-state index contributed by atoms with van der Waals surface area (Å²) >= 11 is 5.94. The van der Waals surface area contributed by atoms with Gasteiger partial charge in [0, 0.05) is 50.1 Å². The van der Waals surface area contributed by atoms with Crippen molar-refractivity contribution in [3.63, 3.8) is 0 Å². The fourth-order valence-electron chi connectivity index (χ4n) is 3.62. The summed E-state index contributed by atoms with van der Waals surface area (Å²) in [6.07, 6.45) is 2.20. The number of hydrogen-bond donors (Lipinski definition) is 1. The number of amides is 1. The Hall–Kier alpha value is -3.13. The average molecular weight is 414 g/mol. The second-order valence-corrected chi connectivity index (χ2v) is 7.62. The minimum absolute atomic E-state index is 0.0168. The Morgan fingerprint density at radius 2 is 1.90 bits per heavy atom. The molecule has 0 bridgehead atoms. The minimum atomic E-state index is -0.472. The Morgan fingerprint density at radius 1 is 1.17 bits per heavy atom. The molecule has 3 aromatic rings. The number of rotatable bonds is 3. The molecule has 1 unspecified atom stereocenters. The molecule has 29 heavy (non-hydrogen) atoms. The molecular weight excluding hydrogens is 394 g/mol. The molecular formula is C20H20ClN5O3. The van der Waals surface area contributed by atoms with E-state index in [1.54, 1.807) is 7.05 Å². The Kier molecular flexibility index (Phi) is 4.87. The van der Waals surface area contributed by atoms with Gasteiger partial charge in [0.1, 0.15) is 5.65 Å². The van der Waals surface area contributed by atoms with E-state index < -0.39 is 11.2 Å². The van der Waals surface area contributed by atoms with Gasteiger partial charge in [-0.1, -0.05) is 11.6 Å². The van der Waals surface area contributed by atoms with Crippen LogP contribution in [0, 0.1) is 0 Å².